The zero-order valence-corrected chi connectivity index (χ0v) is 12.1. The van der Waals surface area contributed by atoms with Crippen LogP contribution in [0.25, 0.3) is 0 Å². The second kappa shape index (κ2) is 5.30. The van der Waals surface area contributed by atoms with Gasteiger partial charge in [0.05, 0.1) is 24.3 Å². The highest BCUT2D eigenvalue weighted by atomic mass is 16.5. The Hall–Kier alpha value is -1.62. The molecule has 2 saturated carbocycles. The molecule has 1 aromatic heterocycles. The van der Waals surface area contributed by atoms with Gasteiger partial charge in [-0.1, -0.05) is 0 Å². The lowest BCUT2D eigenvalue weighted by Gasteiger charge is -2.37. The molecule has 0 unspecified atom stereocenters. The number of fused-ring (bicyclic) bond motifs is 1. The van der Waals surface area contributed by atoms with E-state index in [1.165, 1.54) is 12.8 Å². The summed E-state index contributed by atoms with van der Waals surface area (Å²) in [4.78, 5) is 19.1. The van der Waals surface area contributed by atoms with Crippen LogP contribution in [0, 0.1) is 0 Å². The van der Waals surface area contributed by atoms with Crippen molar-refractivity contribution in [3.8, 4) is 0 Å². The first-order valence-electron chi connectivity index (χ1n) is 7.96. The summed E-state index contributed by atoms with van der Waals surface area (Å²) in [6.07, 6.45) is 7.68. The molecular weight excluding hydrogens is 266 g/mol. The maximum absolute atomic E-state index is 12.7. The van der Waals surface area contributed by atoms with E-state index >= 15 is 0 Å². The van der Waals surface area contributed by atoms with Crippen molar-refractivity contribution in [2.24, 2.45) is 0 Å². The SMILES string of the molecule is O=C(c1ccc(NC2CC2)nc1)N1CCO[C@@H]2CCC[C@H]21. The molecule has 3 aliphatic rings. The number of nitrogens with one attached hydrogen (secondary N) is 1. The molecule has 4 rings (SSSR count). The highest BCUT2D eigenvalue weighted by Gasteiger charge is 2.38. The van der Waals surface area contributed by atoms with E-state index in [0.717, 1.165) is 25.1 Å². The van der Waals surface area contributed by atoms with Gasteiger partial charge < -0.3 is 15.0 Å². The fourth-order valence-corrected chi connectivity index (χ4v) is 3.39. The number of nitrogens with zero attached hydrogens (tertiary/aromatic N) is 2. The normalized spacial score (nSPS) is 28.3. The third-order valence-corrected chi connectivity index (χ3v) is 4.68. The van der Waals surface area contributed by atoms with E-state index in [1.54, 1.807) is 6.20 Å². The van der Waals surface area contributed by atoms with Crippen molar-refractivity contribution < 1.29 is 9.53 Å². The lowest BCUT2D eigenvalue weighted by molar-refractivity contribution is -0.0445. The Morgan fingerprint density at radius 2 is 2.19 bits per heavy atom. The van der Waals surface area contributed by atoms with Crippen molar-refractivity contribution in [1.29, 1.82) is 0 Å². The van der Waals surface area contributed by atoms with Crippen LogP contribution in [-0.4, -0.2) is 47.1 Å². The van der Waals surface area contributed by atoms with E-state index < -0.39 is 0 Å². The molecule has 2 atom stereocenters. The van der Waals surface area contributed by atoms with Gasteiger partial charge in [0, 0.05) is 18.8 Å². The molecule has 5 heteroatoms. The first-order valence-corrected chi connectivity index (χ1v) is 7.96. The third-order valence-electron chi connectivity index (χ3n) is 4.68. The van der Waals surface area contributed by atoms with Crippen LogP contribution in [0.3, 0.4) is 0 Å². The quantitative estimate of drug-likeness (QED) is 0.924. The highest BCUT2D eigenvalue weighted by Crippen LogP contribution is 2.30. The first-order chi connectivity index (χ1) is 10.3. The van der Waals surface area contributed by atoms with E-state index in [9.17, 15) is 4.79 Å². The lowest BCUT2D eigenvalue weighted by atomic mass is 10.1. The van der Waals surface area contributed by atoms with Crippen LogP contribution in [0.15, 0.2) is 18.3 Å². The van der Waals surface area contributed by atoms with E-state index in [4.69, 9.17) is 4.74 Å². The van der Waals surface area contributed by atoms with Gasteiger partial charge in [0.2, 0.25) is 0 Å². The second-order valence-electron chi connectivity index (χ2n) is 6.26. The molecule has 1 aromatic rings. The summed E-state index contributed by atoms with van der Waals surface area (Å²) in [5, 5.41) is 3.34. The molecule has 1 amide bonds. The summed E-state index contributed by atoms with van der Waals surface area (Å²) in [5.74, 6) is 0.968. The number of rotatable bonds is 3. The summed E-state index contributed by atoms with van der Waals surface area (Å²) in [7, 11) is 0. The molecule has 21 heavy (non-hydrogen) atoms. The number of amides is 1. The van der Waals surface area contributed by atoms with Gasteiger partial charge in [0.15, 0.2) is 0 Å². The first kappa shape index (κ1) is 13.1. The average Bonchev–Trinajstić information content (AvgIpc) is 3.20. The zero-order valence-electron chi connectivity index (χ0n) is 12.1. The Morgan fingerprint density at radius 3 is 2.95 bits per heavy atom. The van der Waals surface area contributed by atoms with E-state index in [1.807, 2.05) is 17.0 Å². The Morgan fingerprint density at radius 1 is 1.29 bits per heavy atom. The number of carbonyl (C=O) groups excluding carboxylic acids is 1. The number of ether oxygens (including phenoxy) is 1. The van der Waals surface area contributed by atoms with Gasteiger partial charge in [-0.15, -0.1) is 0 Å². The van der Waals surface area contributed by atoms with Crippen LogP contribution in [0.2, 0.25) is 0 Å². The number of hydrogen-bond acceptors (Lipinski definition) is 4. The van der Waals surface area contributed by atoms with Gasteiger partial charge in [-0.2, -0.15) is 0 Å². The fraction of sp³-hybridized carbons (Fsp3) is 0.625. The molecule has 2 aliphatic carbocycles. The summed E-state index contributed by atoms with van der Waals surface area (Å²) in [5.41, 5.74) is 0.684. The van der Waals surface area contributed by atoms with Crippen molar-refractivity contribution in [2.75, 3.05) is 18.5 Å². The summed E-state index contributed by atoms with van der Waals surface area (Å²) >= 11 is 0. The minimum Gasteiger partial charge on any atom is -0.374 e. The lowest BCUT2D eigenvalue weighted by Crippen LogP contribution is -2.51. The molecule has 1 aliphatic heterocycles. The topological polar surface area (TPSA) is 54.5 Å². The number of anilines is 1. The third kappa shape index (κ3) is 2.62. The molecule has 5 nitrogen and oxygen atoms in total. The van der Waals surface area contributed by atoms with Gasteiger partial charge in [0.25, 0.3) is 5.91 Å². The van der Waals surface area contributed by atoms with Crippen LogP contribution in [-0.2, 0) is 4.74 Å². The number of hydrogen-bond donors (Lipinski definition) is 1. The molecule has 0 aromatic carbocycles. The maximum Gasteiger partial charge on any atom is 0.255 e. The fourth-order valence-electron chi connectivity index (χ4n) is 3.39. The van der Waals surface area contributed by atoms with Crippen LogP contribution >= 0.6 is 0 Å². The van der Waals surface area contributed by atoms with Crippen molar-refractivity contribution in [3.05, 3.63) is 23.9 Å². The Balaban J connectivity index is 1.47. The zero-order chi connectivity index (χ0) is 14.2. The molecule has 3 fully saturated rings. The minimum absolute atomic E-state index is 0.0978. The number of morpholine rings is 1. The van der Waals surface area contributed by atoms with Crippen molar-refractivity contribution in [1.82, 2.24) is 9.88 Å². The molecule has 0 bridgehead atoms. The summed E-state index contributed by atoms with van der Waals surface area (Å²) < 4.78 is 5.77. The smallest absolute Gasteiger partial charge is 0.255 e. The average molecular weight is 287 g/mol. The summed E-state index contributed by atoms with van der Waals surface area (Å²) in [6.45, 7) is 1.35. The number of aromatic nitrogens is 1. The predicted octanol–water partition coefficient (Wildman–Crippen LogP) is 2.05. The highest BCUT2D eigenvalue weighted by molar-refractivity contribution is 5.94. The Labute approximate surface area is 124 Å². The maximum atomic E-state index is 12.7. The van der Waals surface area contributed by atoms with Crippen molar-refractivity contribution in [2.45, 2.75) is 50.3 Å². The van der Waals surface area contributed by atoms with Crippen LogP contribution in [0.5, 0.6) is 0 Å². The predicted molar refractivity (Wildman–Crippen MR) is 79.3 cm³/mol. The number of pyridine rings is 1. The molecular formula is C16H21N3O2. The minimum atomic E-state index is 0.0978. The molecule has 1 saturated heterocycles. The Bertz CT molecular complexity index is 527. The molecule has 0 radical (unpaired) electrons. The van der Waals surface area contributed by atoms with Crippen molar-refractivity contribution in [3.63, 3.8) is 0 Å². The van der Waals surface area contributed by atoms with Gasteiger partial charge in [-0.25, -0.2) is 4.98 Å². The van der Waals surface area contributed by atoms with Gasteiger partial charge in [-0.3, -0.25) is 4.79 Å². The van der Waals surface area contributed by atoms with Gasteiger partial charge >= 0.3 is 0 Å². The van der Waals surface area contributed by atoms with Crippen LogP contribution < -0.4 is 5.32 Å². The monoisotopic (exact) mass is 287 g/mol. The van der Waals surface area contributed by atoms with E-state index in [2.05, 4.69) is 10.3 Å². The van der Waals surface area contributed by atoms with Gasteiger partial charge in [0.1, 0.15) is 5.82 Å². The van der Waals surface area contributed by atoms with Crippen molar-refractivity contribution >= 4 is 11.7 Å². The summed E-state index contributed by atoms with van der Waals surface area (Å²) in [6, 6.07) is 4.64. The largest absolute Gasteiger partial charge is 0.374 e. The molecule has 112 valence electrons. The van der Waals surface area contributed by atoms with Crippen LogP contribution in [0.1, 0.15) is 42.5 Å². The Kier molecular flexibility index (Phi) is 3.30. The van der Waals surface area contributed by atoms with Crippen LogP contribution in [0.4, 0.5) is 5.82 Å². The second-order valence-corrected chi connectivity index (χ2v) is 6.26. The molecule has 1 N–H and O–H groups in total. The molecule has 2 heterocycles. The van der Waals surface area contributed by atoms with Gasteiger partial charge in [-0.05, 0) is 44.2 Å². The number of carbonyl (C=O) groups is 1. The molecule has 0 spiro atoms. The van der Waals surface area contributed by atoms with E-state index in [0.29, 0.717) is 24.8 Å². The van der Waals surface area contributed by atoms with E-state index in [-0.39, 0.29) is 18.1 Å². The standard InChI is InChI=1S/C16H21N3O2/c20-16(19-8-9-21-14-3-1-2-13(14)19)11-4-7-15(17-10-11)18-12-5-6-12/h4,7,10,12-14H,1-3,5-6,8-9H2,(H,17,18)/t13-,14-/m1/s1.